The lowest BCUT2D eigenvalue weighted by atomic mass is 10.0. The average molecular weight is 185 g/mol. The minimum absolute atomic E-state index is 0.232. The fourth-order valence-corrected chi connectivity index (χ4v) is 1.65. The van der Waals surface area contributed by atoms with E-state index in [1.54, 1.807) is 0 Å². The van der Waals surface area contributed by atoms with Crippen LogP contribution in [-0.2, 0) is 4.79 Å². The zero-order valence-corrected chi connectivity index (χ0v) is 8.42. The highest BCUT2D eigenvalue weighted by atomic mass is 16.1. The molecule has 3 N–H and O–H groups in total. The van der Waals surface area contributed by atoms with Gasteiger partial charge in [-0.25, -0.2) is 0 Å². The summed E-state index contributed by atoms with van der Waals surface area (Å²) >= 11 is 0. The summed E-state index contributed by atoms with van der Waals surface area (Å²) < 4.78 is 0. The molecule has 0 saturated carbocycles. The fourth-order valence-electron chi connectivity index (χ4n) is 1.65. The van der Waals surface area contributed by atoms with Crippen LogP contribution in [0.15, 0.2) is 0 Å². The third-order valence-electron chi connectivity index (χ3n) is 2.47. The van der Waals surface area contributed by atoms with E-state index in [0.717, 1.165) is 19.6 Å². The SMILES string of the molecule is CC(C)C1CN(CC(N)=O)CCN1. The molecule has 13 heavy (non-hydrogen) atoms. The summed E-state index contributed by atoms with van der Waals surface area (Å²) in [5, 5.41) is 3.43. The van der Waals surface area contributed by atoms with Gasteiger partial charge in [0.1, 0.15) is 0 Å². The van der Waals surface area contributed by atoms with Gasteiger partial charge in [0.05, 0.1) is 6.54 Å². The number of nitrogens with one attached hydrogen (secondary N) is 1. The quantitative estimate of drug-likeness (QED) is 0.617. The van der Waals surface area contributed by atoms with Gasteiger partial charge in [-0.2, -0.15) is 0 Å². The summed E-state index contributed by atoms with van der Waals surface area (Å²) in [6.07, 6.45) is 0. The first-order chi connectivity index (χ1) is 6.09. The number of carbonyl (C=O) groups excluding carboxylic acids is 1. The zero-order valence-electron chi connectivity index (χ0n) is 8.42. The number of nitrogens with zero attached hydrogens (tertiary/aromatic N) is 1. The summed E-state index contributed by atoms with van der Waals surface area (Å²) in [7, 11) is 0. The van der Waals surface area contributed by atoms with E-state index in [-0.39, 0.29) is 5.91 Å². The smallest absolute Gasteiger partial charge is 0.231 e. The predicted octanol–water partition coefficient (Wildman–Crippen LogP) is -0.598. The molecule has 1 atom stereocenters. The van der Waals surface area contributed by atoms with Crippen molar-refractivity contribution < 1.29 is 4.79 Å². The number of hydrogen-bond donors (Lipinski definition) is 2. The number of rotatable bonds is 3. The molecule has 1 heterocycles. The monoisotopic (exact) mass is 185 g/mol. The number of primary amides is 1. The van der Waals surface area contributed by atoms with Gasteiger partial charge in [-0.1, -0.05) is 13.8 Å². The first kappa shape index (κ1) is 10.5. The molecule has 1 saturated heterocycles. The third-order valence-corrected chi connectivity index (χ3v) is 2.47. The highest BCUT2D eigenvalue weighted by Crippen LogP contribution is 2.07. The molecule has 0 aromatic rings. The number of piperazine rings is 1. The summed E-state index contributed by atoms with van der Waals surface area (Å²) in [5.74, 6) is 0.375. The molecule has 4 nitrogen and oxygen atoms in total. The van der Waals surface area contributed by atoms with Crippen LogP contribution in [0.2, 0.25) is 0 Å². The van der Waals surface area contributed by atoms with E-state index in [4.69, 9.17) is 5.73 Å². The van der Waals surface area contributed by atoms with Gasteiger partial charge in [-0.05, 0) is 5.92 Å². The first-order valence-electron chi connectivity index (χ1n) is 4.83. The van der Waals surface area contributed by atoms with Crippen LogP contribution in [0.4, 0.5) is 0 Å². The van der Waals surface area contributed by atoms with Crippen molar-refractivity contribution in [2.75, 3.05) is 26.2 Å². The molecule has 1 unspecified atom stereocenters. The van der Waals surface area contributed by atoms with E-state index in [1.807, 2.05) is 0 Å². The molecule has 0 aromatic carbocycles. The van der Waals surface area contributed by atoms with Crippen molar-refractivity contribution in [3.63, 3.8) is 0 Å². The number of nitrogens with two attached hydrogens (primary N) is 1. The van der Waals surface area contributed by atoms with Crippen molar-refractivity contribution in [1.82, 2.24) is 10.2 Å². The largest absolute Gasteiger partial charge is 0.369 e. The van der Waals surface area contributed by atoms with E-state index in [0.29, 0.717) is 18.5 Å². The van der Waals surface area contributed by atoms with Gasteiger partial charge < -0.3 is 11.1 Å². The summed E-state index contributed by atoms with van der Waals surface area (Å²) in [6, 6.07) is 0.494. The lowest BCUT2D eigenvalue weighted by Crippen LogP contribution is -2.54. The molecule has 0 radical (unpaired) electrons. The highest BCUT2D eigenvalue weighted by Gasteiger charge is 2.22. The van der Waals surface area contributed by atoms with Gasteiger partial charge >= 0.3 is 0 Å². The number of hydrogen-bond acceptors (Lipinski definition) is 3. The molecular weight excluding hydrogens is 166 g/mol. The van der Waals surface area contributed by atoms with Crippen LogP contribution in [0.1, 0.15) is 13.8 Å². The Labute approximate surface area is 79.5 Å². The van der Waals surface area contributed by atoms with E-state index >= 15 is 0 Å². The summed E-state index contributed by atoms with van der Waals surface area (Å²) in [5.41, 5.74) is 5.14. The molecule has 1 fully saturated rings. The molecule has 0 spiro atoms. The predicted molar refractivity (Wildman–Crippen MR) is 52.3 cm³/mol. The van der Waals surface area contributed by atoms with Crippen LogP contribution in [0.25, 0.3) is 0 Å². The van der Waals surface area contributed by atoms with Crippen LogP contribution in [-0.4, -0.2) is 43.0 Å². The second-order valence-corrected chi connectivity index (χ2v) is 4.01. The zero-order chi connectivity index (χ0) is 9.84. The number of amides is 1. The van der Waals surface area contributed by atoms with Gasteiger partial charge in [-0.3, -0.25) is 9.69 Å². The normalized spacial score (nSPS) is 25.0. The van der Waals surface area contributed by atoms with E-state index in [9.17, 15) is 4.79 Å². The topological polar surface area (TPSA) is 58.4 Å². The average Bonchev–Trinajstić information content (AvgIpc) is 2.03. The molecule has 1 amide bonds. The standard InChI is InChI=1S/C9H19N3O/c1-7(2)8-5-12(4-3-11-8)6-9(10)13/h7-8,11H,3-6H2,1-2H3,(H2,10,13). The Morgan fingerprint density at radius 1 is 1.69 bits per heavy atom. The van der Waals surface area contributed by atoms with Crippen molar-refractivity contribution in [3.05, 3.63) is 0 Å². The molecule has 0 aliphatic carbocycles. The van der Waals surface area contributed by atoms with Crippen LogP contribution in [0.3, 0.4) is 0 Å². The molecule has 0 aromatic heterocycles. The van der Waals surface area contributed by atoms with E-state index < -0.39 is 0 Å². The molecule has 4 heteroatoms. The Morgan fingerprint density at radius 3 is 2.92 bits per heavy atom. The van der Waals surface area contributed by atoms with Gasteiger partial charge in [0, 0.05) is 25.7 Å². The second-order valence-electron chi connectivity index (χ2n) is 4.01. The third kappa shape index (κ3) is 3.32. The Hall–Kier alpha value is -0.610. The highest BCUT2D eigenvalue weighted by molar-refractivity contribution is 5.75. The fraction of sp³-hybridized carbons (Fsp3) is 0.889. The molecule has 1 rings (SSSR count). The van der Waals surface area contributed by atoms with Crippen LogP contribution >= 0.6 is 0 Å². The minimum Gasteiger partial charge on any atom is -0.369 e. The Morgan fingerprint density at radius 2 is 2.38 bits per heavy atom. The minimum atomic E-state index is -0.232. The molecule has 76 valence electrons. The second kappa shape index (κ2) is 4.58. The Bertz CT molecular complexity index is 182. The molecule has 1 aliphatic rings. The lowest BCUT2D eigenvalue weighted by molar-refractivity contribution is -0.119. The van der Waals surface area contributed by atoms with Crippen LogP contribution in [0, 0.1) is 5.92 Å². The summed E-state index contributed by atoms with van der Waals surface area (Å²) in [6.45, 7) is 7.57. The number of carbonyl (C=O) groups is 1. The van der Waals surface area contributed by atoms with Crippen molar-refractivity contribution in [1.29, 1.82) is 0 Å². The van der Waals surface area contributed by atoms with Crippen molar-refractivity contribution in [3.8, 4) is 0 Å². The van der Waals surface area contributed by atoms with Crippen LogP contribution < -0.4 is 11.1 Å². The summed E-state index contributed by atoms with van der Waals surface area (Å²) in [4.78, 5) is 12.8. The lowest BCUT2D eigenvalue weighted by Gasteiger charge is -2.34. The molecule has 0 bridgehead atoms. The molecular formula is C9H19N3O. The Kier molecular flexibility index (Phi) is 3.69. The van der Waals surface area contributed by atoms with Crippen molar-refractivity contribution >= 4 is 5.91 Å². The Balaban J connectivity index is 2.37. The van der Waals surface area contributed by atoms with Crippen molar-refractivity contribution in [2.45, 2.75) is 19.9 Å². The van der Waals surface area contributed by atoms with Gasteiger partial charge in [0.2, 0.25) is 5.91 Å². The van der Waals surface area contributed by atoms with Crippen molar-refractivity contribution in [2.24, 2.45) is 11.7 Å². The maximum Gasteiger partial charge on any atom is 0.231 e. The van der Waals surface area contributed by atoms with Crippen LogP contribution in [0.5, 0.6) is 0 Å². The van der Waals surface area contributed by atoms with Gasteiger partial charge in [0.15, 0.2) is 0 Å². The van der Waals surface area contributed by atoms with Gasteiger partial charge in [-0.15, -0.1) is 0 Å². The maximum atomic E-state index is 10.7. The molecule has 1 aliphatic heterocycles. The first-order valence-corrected chi connectivity index (χ1v) is 4.83. The van der Waals surface area contributed by atoms with E-state index in [2.05, 4.69) is 24.1 Å². The van der Waals surface area contributed by atoms with E-state index in [1.165, 1.54) is 0 Å². The maximum absolute atomic E-state index is 10.7. The van der Waals surface area contributed by atoms with Gasteiger partial charge in [0.25, 0.3) is 0 Å².